The van der Waals surface area contributed by atoms with E-state index in [0.717, 1.165) is 5.56 Å². The summed E-state index contributed by atoms with van der Waals surface area (Å²) in [5.41, 5.74) is 1.18. The number of sulfonamides is 1. The molecule has 0 aromatic heterocycles. The molecule has 0 bridgehead atoms. The first-order valence-electron chi connectivity index (χ1n) is 8.36. The summed E-state index contributed by atoms with van der Waals surface area (Å²) >= 11 is 0. The molecule has 2 aromatic carbocycles. The van der Waals surface area contributed by atoms with Crippen molar-refractivity contribution in [2.24, 2.45) is 0 Å². The molecular formula is C18H19N3O7S. The van der Waals surface area contributed by atoms with Gasteiger partial charge in [0.05, 0.1) is 21.1 Å². The number of ether oxygens (including phenoxy) is 1. The van der Waals surface area contributed by atoms with E-state index in [2.05, 4.69) is 10.0 Å². The number of anilines is 1. The number of nitro benzene ring substituents is 1. The summed E-state index contributed by atoms with van der Waals surface area (Å²) in [6, 6.07) is 10.2. The van der Waals surface area contributed by atoms with Gasteiger partial charge in [-0.25, -0.2) is 8.42 Å². The van der Waals surface area contributed by atoms with Gasteiger partial charge in [-0.05, 0) is 32.0 Å². The zero-order valence-corrected chi connectivity index (χ0v) is 16.5. The van der Waals surface area contributed by atoms with Crippen LogP contribution in [0.2, 0.25) is 0 Å². The SMILES string of the molecule is Cc1ccc(S(=O)(=O)NCC(=O)OCC(=O)Nc2cccc([N+](=O)[O-])c2C)cc1. The van der Waals surface area contributed by atoms with Gasteiger partial charge >= 0.3 is 5.97 Å². The van der Waals surface area contributed by atoms with Gasteiger partial charge in [0.1, 0.15) is 6.54 Å². The average Bonchev–Trinajstić information content (AvgIpc) is 2.66. The molecule has 2 aromatic rings. The molecule has 10 nitrogen and oxygen atoms in total. The molecule has 0 radical (unpaired) electrons. The summed E-state index contributed by atoms with van der Waals surface area (Å²) in [7, 11) is -3.89. The summed E-state index contributed by atoms with van der Waals surface area (Å²) in [5.74, 6) is -1.67. The minimum absolute atomic E-state index is 0.00482. The highest BCUT2D eigenvalue weighted by molar-refractivity contribution is 7.89. The van der Waals surface area contributed by atoms with Crippen molar-refractivity contribution in [2.75, 3.05) is 18.5 Å². The monoisotopic (exact) mass is 421 g/mol. The molecule has 1 amide bonds. The lowest BCUT2D eigenvalue weighted by Crippen LogP contribution is -2.32. The fourth-order valence-corrected chi connectivity index (χ4v) is 3.26. The number of nitrogens with zero attached hydrogens (tertiary/aromatic N) is 1. The Hall–Kier alpha value is -3.31. The number of nitro groups is 1. The number of carbonyl (C=O) groups is 2. The third-order valence-electron chi connectivity index (χ3n) is 3.88. The van der Waals surface area contributed by atoms with Gasteiger partial charge in [-0.15, -0.1) is 0 Å². The van der Waals surface area contributed by atoms with Crippen molar-refractivity contribution >= 4 is 33.3 Å². The van der Waals surface area contributed by atoms with Crippen LogP contribution in [-0.4, -0.2) is 38.4 Å². The zero-order valence-electron chi connectivity index (χ0n) is 15.7. The molecule has 0 aliphatic heterocycles. The Balaban J connectivity index is 1.86. The highest BCUT2D eigenvalue weighted by Crippen LogP contribution is 2.24. The van der Waals surface area contributed by atoms with Crippen molar-refractivity contribution in [3.63, 3.8) is 0 Å². The van der Waals surface area contributed by atoms with Crippen molar-refractivity contribution in [1.29, 1.82) is 0 Å². The molecule has 29 heavy (non-hydrogen) atoms. The van der Waals surface area contributed by atoms with Crippen LogP contribution < -0.4 is 10.0 Å². The third kappa shape index (κ3) is 6.09. The standard InChI is InChI=1S/C18H19N3O7S/c1-12-6-8-14(9-7-12)29(26,27)19-10-18(23)28-11-17(22)20-15-4-3-5-16(13(15)2)21(24)25/h3-9,19H,10-11H2,1-2H3,(H,20,22). The van der Waals surface area contributed by atoms with Gasteiger partial charge < -0.3 is 10.1 Å². The van der Waals surface area contributed by atoms with E-state index in [1.54, 1.807) is 19.1 Å². The average molecular weight is 421 g/mol. The van der Waals surface area contributed by atoms with Crippen LogP contribution in [-0.2, 0) is 24.3 Å². The number of hydrogen-bond acceptors (Lipinski definition) is 7. The van der Waals surface area contributed by atoms with E-state index in [1.807, 2.05) is 0 Å². The predicted octanol–water partition coefficient (Wildman–Crippen LogP) is 1.67. The highest BCUT2D eigenvalue weighted by atomic mass is 32.2. The smallest absolute Gasteiger partial charge is 0.321 e. The van der Waals surface area contributed by atoms with Crippen LogP contribution in [0.25, 0.3) is 0 Å². The first-order chi connectivity index (χ1) is 13.6. The molecule has 2 rings (SSSR count). The molecule has 0 unspecified atom stereocenters. The van der Waals surface area contributed by atoms with Crippen LogP contribution in [0.15, 0.2) is 47.4 Å². The van der Waals surface area contributed by atoms with Gasteiger partial charge in [0.2, 0.25) is 10.0 Å². The molecule has 0 fully saturated rings. The highest BCUT2D eigenvalue weighted by Gasteiger charge is 2.18. The largest absolute Gasteiger partial charge is 0.455 e. The number of esters is 1. The Morgan fingerprint density at radius 2 is 1.76 bits per heavy atom. The van der Waals surface area contributed by atoms with E-state index in [9.17, 15) is 28.1 Å². The van der Waals surface area contributed by atoms with E-state index < -0.39 is 40.0 Å². The number of amides is 1. The van der Waals surface area contributed by atoms with Gasteiger partial charge in [0, 0.05) is 6.07 Å². The summed E-state index contributed by atoms with van der Waals surface area (Å²) in [6.07, 6.45) is 0. The summed E-state index contributed by atoms with van der Waals surface area (Å²) < 4.78 is 31.0. The Morgan fingerprint density at radius 1 is 1.10 bits per heavy atom. The molecule has 11 heteroatoms. The van der Waals surface area contributed by atoms with Crippen LogP contribution in [0.4, 0.5) is 11.4 Å². The number of benzene rings is 2. The van der Waals surface area contributed by atoms with E-state index in [1.165, 1.54) is 37.3 Å². The fourth-order valence-electron chi connectivity index (χ4n) is 2.29. The van der Waals surface area contributed by atoms with Crippen LogP contribution in [0, 0.1) is 24.0 Å². The maximum absolute atomic E-state index is 12.1. The Bertz CT molecular complexity index is 1030. The number of rotatable bonds is 8. The molecule has 0 heterocycles. The molecule has 0 aliphatic carbocycles. The van der Waals surface area contributed by atoms with Gasteiger partial charge in [0.15, 0.2) is 6.61 Å². The summed E-state index contributed by atoms with van der Waals surface area (Å²) in [5, 5.41) is 13.3. The molecular weight excluding hydrogens is 402 g/mol. The van der Waals surface area contributed by atoms with E-state index in [0.29, 0.717) is 0 Å². The molecule has 0 spiro atoms. The van der Waals surface area contributed by atoms with E-state index >= 15 is 0 Å². The lowest BCUT2D eigenvalue weighted by Gasteiger charge is -2.10. The zero-order chi connectivity index (χ0) is 21.6. The van der Waals surface area contributed by atoms with Crippen molar-refractivity contribution in [1.82, 2.24) is 4.72 Å². The maximum atomic E-state index is 12.1. The quantitative estimate of drug-likeness (QED) is 0.375. The van der Waals surface area contributed by atoms with Crippen molar-refractivity contribution in [3.05, 3.63) is 63.7 Å². The predicted molar refractivity (Wildman–Crippen MR) is 104 cm³/mol. The molecule has 2 N–H and O–H groups in total. The van der Waals surface area contributed by atoms with Crippen LogP contribution >= 0.6 is 0 Å². The second kappa shape index (κ2) is 9.26. The number of aryl methyl sites for hydroxylation is 1. The number of carbonyl (C=O) groups excluding carboxylic acids is 2. The Labute approximate surface area is 167 Å². The van der Waals surface area contributed by atoms with E-state index in [4.69, 9.17) is 4.74 Å². The number of hydrogen-bond donors (Lipinski definition) is 2. The van der Waals surface area contributed by atoms with Gasteiger partial charge in [-0.3, -0.25) is 19.7 Å². The van der Waals surface area contributed by atoms with E-state index in [-0.39, 0.29) is 21.8 Å². The second-order valence-electron chi connectivity index (χ2n) is 6.05. The molecule has 0 saturated carbocycles. The van der Waals surface area contributed by atoms with Crippen LogP contribution in [0.5, 0.6) is 0 Å². The van der Waals surface area contributed by atoms with Crippen LogP contribution in [0.3, 0.4) is 0 Å². The first-order valence-corrected chi connectivity index (χ1v) is 9.84. The lowest BCUT2D eigenvalue weighted by atomic mass is 10.1. The normalized spacial score (nSPS) is 11.0. The van der Waals surface area contributed by atoms with Crippen molar-refractivity contribution in [3.8, 4) is 0 Å². The topological polar surface area (TPSA) is 145 Å². The van der Waals surface area contributed by atoms with Gasteiger partial charge in [-0.2, -0.15) is 4.72 Å². The minimum Gasteiger partial charge on any atom is -0.455 e. The summed E-state index contributed by atoms with van der Waals surface area (Å²) in [4.78, 5) is 34.0. The molecule has 154 valence electrons. The van der Waals surface area contributed by atoms with Crippen molar-refractivity contribution in [2.45, 2.75) is 18.7 Å². The Morgan fingerprint density at radius 3 is 2.38 bits per heavy atom. The summed E-state index contributed by atoms with van der Waals surface area (Å²) in [6.45, 7) is 1.95. The molecule has 0 atom stereocenters. The second-order valence-corrected chi connectivity index (χ2v) is 7.82. The molecule has 0 aliphatic rings. The minimum atomic E-state index is -3.89. The van der Waals surface area contributed by atoms with Crippen LogP contribution in [0.1, 0.15) is 11.1 Å². The van der Waals surface area contributed by atoms with Gasteiger partial charge in [-0.1, -0.05) is 23.8 Å². The first kappa shape index (κ1) is 22.0. The van der Waals surface area contributed by atoms with Crippen molar-refractivity contribution < 1.29 is 27.7 Å². The lowest BCUT2D eigenvalue weighted by molar-refractivity contribution is -0.385. The number of nitrogens with one attached hydrogen (secondary N) is 2. The third-order valence-corrected chi connectivity index (χ3v) is 5.30. The Kier molecular flexibility index (Phi) is 7.02. The van der Waals surface area contributed by atoms with Gasteiger partial charge in [0.25, 0.3) is 11.6 Å². The molecule has 0 saturated heterocycles. The maximum Gasteiger partial charge on any atom is 0.321 e. The fraction of sp³-hybridized carbons (Fsp3) is 0.222.